The molecule has 12 heteroatoms. The van der Waals surface area contributed by atoms with Crippen molar-refractivity contribution in [2.24, 2.45) is 0 Å². The van der Waals surface area contributed by atoms with E-state index in [-0.39, 0.29) is 21.1 Å². The first-order valence-corrected chi connectivity index (χ1v) is 13.0. The molecule has 0 aliphatic carbocycles. The van der Waals surface area contributed by atoms with Gasteiger partial charge in [-0.2, -0.15) is 9.97 Å². The molecular formula is C24H38N6O6+2. The molecular weight excluding hydrogens is 468 g/mol. The molecule has 0 aromatic carbocycles. The second kappa shape index (κ2) is 11.0. The fourth-order valence-electron chi connectivity index (χ4n) is 4.90. The number of likely N-dealkylation sites (tertiary alicyclic amines) is 2. The number of piperidine rings is 2. The maximum Gasteiger partial charge on any atom is 0.480 e. The molecule has 0 N–H and O–H groups in total. The molecule has 0 bridgehead atoms. The van der Waals surface area contributed by atoms with Crippen LogP contribution in [-0.4, -0.2) is 81.8 Å². The maximum absolute atomic E-state index is 12.6. The van der Waals surface area contributed by atoms with Crippen molar-refractivity contribution >= 4 is 11.9 Å². The van der Waals surface area contributed by atoms with Crippen LogP contribution in [0.3, 0.4) is 0 Å². The van der Waals surface area contributed by atoms with E-state index in [1.54, 1.807) is 14.1 Å². The molecule has 0 radical (unpaired) electrons. The fourth-order valence-corrected chi connectivity index (χ4v) is 4.90. The van der Waals surface area contributed by atoms with Crippen LogP contribution in [0.1, 0.15) is 87.6 Å². The van der Waals surface area contributed by atoms with Gasteiger partial charge in [-0.1, -0.05) is 24.2 Å². The maximum atomic E-state index is 12.6. The van der Waals surface area contributed by atoms with E-state index in [0.29, 0.717) is 38.0 Å². The van der Waals surface area contributed by atoms with E-state index < -0.39 is 11.9 Å². The third kappa shape index (κ3) is 6.28. The molecule has 2 aliphatic heterocycles. The number of rotatable bonds is 8. The summed E-state index contributed by atoms with van der Waals surface area (Å²) < 4.78 is 10.9. The van der Waals surface area contributed by atoms with E-state index in [2.05, 4.69) is 34.1 Å². The fraction of sp³-hybridized carbons (Fsp3) is 0.750. The third-order valence-corrected chi connectivity index (χ3v) is 7.19. The van der Waals surface area contributed by atoms with Gasteiger partial charge in [0.15, 0.2) is 11.6 Å². The van der Waals surface area contributed by atoms with Crippen molar-refractivity contribution in [1.29, 1.82) is 0 Å². The number of hydrogen-bond donors (Lipinski definition) is 0. The summed E-state index contributed by atoms with van der Waals surface area (Å²) in [7, 11) is 3.60. The molecule has 4 heterocycles. The minimum Gasteiger partial charge on any atom is -0.339 e. The highest BCUT2D eigenvalue weighted by Gasteiger charge is 2.43. The highest BCUT2D eigenvalue weighted by molar-refractivity contribution is 6.29. The summed E-state index contributed by atoms with van der Waals surface area (Å²) in [5.74, 6) is 1.04. The number of aryl methyl sites for hydroxylation is 2. The van der Waals surface area contributed by atoms with Gasteiger partial charge in [0.2, 0.25) is 11.8 Å². The lowest BCUT2D eigenvalue weighted by molar-refractivity contribution is -1.08. The van der Waals surface area contributed by atoms with Crippen molar-refractivity contribution in [2.75, 3.05) is 40.3 Å². The summed E-state index contributed by atoms with van der Waals surface area (Å²) in [5.41, 5.74) is 0. The molecule has 0 unspecified atom stereocenters. The number of hydroxylamine groups is 6. The van der Waals surface area contributed by atoms with Crippen LogP contribution in [0.2, 0.25) is 0 Å². The van der Waals surface area contributed by atoms with E-state index in [1.807, 2.05) is 0 Å². The second-order valence-corrected chi connectivity index (χ2v) is 10.4. The second-order valence-electron chi connectivity index (χ2n) is 10.4. The molecule has 2 fully saturated rings. The van der Waals surface area contributed by atoms with Gasteiger partial charge < -0.3 is 9.05 Å². The van der Waals surface area contributed by atoms with Gasteiger partial charge in [-0.3, -0.25) is 9.68 Å². The molecule has 0 spiro atoms. The number of quaternary nitrogens is 2. The van der Waals surface area contributed by atoms with Crippen molar-refractivity contribution in [3.63, 3.8) is 0 Å². The Labute approximate surface area is 211 Å². The Morgan fingerprint density at radius 3 is 1.44 bits per heavy atom. The minimum absolute atomic E-state index is 0.0173. The molecule has 198 valence electrons. The lowest BCUT2D eigenvalue weighted by Crippen LogP contribution is -2.54. The van der Waals surface area contributed by atoms with Crippen LogP contribution in [0.15, 0.2) is 9.05 Å². The third-order valence-electron chi connectivity index (χ3n) is 7.19. The summed E-state index contributed by atoms with van der Waals surface area (Å²) in [6.07, 6.45) is 6.38. The summed E-state index contributed by atoms with van der Waals surface area (Å²) in [6.45, 7) is 6.34. The molecule has 2 saturated heterocycles. The Hall–Kier alpha value is -2.86. The van der Waals surface area contributed by atoms with Crippen LogP contribution < -0.4 is 0 Å². The van der Waals surface area contributed by atoms with E-state index in [1.165, 1.54) is 0 Å². The van der Waals surface area contributed by atoms with E-state index >= 15 is 0 Å². The molecule has 0 atom stereocenters. The predicted molar refractivity (Wildman–Crippen MR) is 125 cm³/mol. The minimum atomic E-state index is -0.971. The van der Waals surface area contributed by atoms with Gasteiger partial charge in [0, 0.05) is 50.4 Å². The van der Waals surface area contributed by atoms with Crippen LogP contribution >= 0.6 is 0 Å². The Bertz CT molecular complexity index is 953. The summed E-state index contributed by atoms with van der Waals surface area (Å²) in [6, 6.07) is 0. The van der Waals surface area contributed by atoms with Crippen molar-refractivity contribution in [3.8, 4) is 0 Å². The van der Waals surface area contributed by atoms with E-state index in [4.69, 9.17) is 18.7 Å². The Morgan fingerprint density at radius 2 is 1.11 bits per heavy atom. The van der Waals surface area contributed by atoms with Gasteiger partial charge >= 0.3 is 11.9 Å². The predicted octanol–water partition coefficient (Wildman–Crippen LogP) is 2.62. The molecule has 0 amide bonds. The smallest absolute Gasteiger partial charge is 0.339 e. The SMILES string of the molecule is CCCc1noc(C2CC[N+](C)(OC(=O)C(=O)O[N+]3(C)CCC(c4nc(CCC)no4)CC3)CC2)n1. The van der Waals surface area contributed by atoms with Gasteiger partial charge in [0.05, 0.1) is 0 Å². The number of carbonyl (C=O) groups is 2. The zero-order valence-electron chi connectivity index (χ0n) is 21.8. The van der Waals surface area contributed by atoms with Gasteiger partial charge in [0.1, 0.15) is 40.3 Å². The quantitative estimate of drug-likeness (QED) is 0.389. The molecule has 2 aromatic rings. The highest BCUT2D eigenvalue weighted by Crippen LogP contribution is 2.32. The monoisotopic (exact) mass is 506 g/mol. The van der Waals surface area contributed by atoms with Gasteiger partial charge in [-0.25, -0.2) is 9.59 Å². The van der Waals surface area contributed by atoms with Crippen LogP contribution in [0.4, 0.5) is 0 Å². The molecule has 36 heavy (non-hydrogen) atoms. The lowest BCUT2D eigenvalue weighted by atomic mass is 9.97. The van der Waals surface area contributed by atoms with Crippen molar-refractivity contribution in [3.05, 3.63) is 23.4 Å². The van der Waals surface area contributed by atoms with Crippen LogP contribution in [0, 0.1) is 0 Å². The van der Waals surface area contributed by atoms with E-state index in [0.717, 1.165) is 63.0 Å². The highest BCUT2D eigenvalue weighted by atomic mass is 16.8. The average Bonchev–Trinajstić information content (AvgIpc) is 3.50. The summed E-state index contributed by atoms with van der Waals surface area (Å²) in [5, 5.41) is 8.06. The summed E-state index contributed by atoms with van der Waals surface area (Å²) >= 11 is 0. The first-order chi connectivity index (χ1) is 17.2. The standard InChI is InChI=1S/C24H38N6O6/c1-5-7-19-25-21(33-27-19)17-9-13-29(3,14-10-17)35-23(31)24(32)36-30(4)15-11-18(12-16-30)22-26-20(8-6-2)28-34-22/h17-18H,5-16H2,1-4H3/q+2. The lowest BCUT2D eigenvalue weighted by Gasteiger charge is -2.37. The zero-order valence-corrected chi connectivity index (χ0v) is 21.8. The van der Waals surface area contributed by atoms with Crippen molar-refractivity contribution in [2.45, 2.75) is 77.0 Å². The number of carbonyl (C=O) groups excluding carboxylic acids is 2. The molecule has 2 aliphatic rings. The topological polar surface area (TPSA) is 130 Å². The normalized spacial score (nSPS) is 28.6. The van der Waals surface area contributed by atoms with Crippen LogP contribution in [0.5, 0.6) is 0 Å². The number of hydrogen-bond acceptors (Lipinski definition) is 10. The van der Waals surface area contributed by atoms with E-state index in [9.17, 15) is 9.59 Å². The summed E-state index contributed by atoms with van der Waals surface area (Å²) in [4.78, 5) is 45.4. The van der Waals surface area contributed by atoms with Gasteiger partial charge in [-0.15, -0.1) is 9.29 Å². The van der Waals surface area contributed by atoms with Crippen molar-refractivity contribution < 1.29 is 37.6 Å². The van der Waals surface area contributed by atoms with Gasteiger partial charge in [0.25, 0.3) is 0 Å². The van der Waals surface area contributed by atoms with Crippen LogP contribution in [0.25, 0.3) is 0 Å². The van der Waals surface area contributed by atoms with Crippen LogP contribution in [-0.2, 0) is 32.1 Å². The number of aromatic nitrogens is 4. The molecule has 2 aromatic heterocycles. The molecule has 0 saturated carbocycles. The Balaban J connectivity index is 1.24. The van der Waals surface area contributed by atoms with Gasteiger partial charge in [-0.05, 0) is 12.8 Å². The number of nitrogens with zero attached hydrogens (tertiary/aromatic N) is 6. The van der Waals surface area contributed by atoms with Crippen molar-refractivity contribution in [1.82, 2.24) is 20.3 Å². The first kappa shape index (κ1) is 26.2. The molecule has 4 rings (SSSR count). The average molecular weight is 507 g/mol. The zero-order chi connectivity index (χ0) is 25.8. The Kier molecular flexibility index (Phi) is 8.04. The largest absolute Gasteiger partial charge is 0.480 e. The Morgan fingerprint density at radius 1 is 0.750 bits per heavy atom. The molecule has 12 nitrogen and oxygen atoms in total. The first-order valence-electron chi connectivity index (χ1n) is 13.0.